The molecule has 0 aromatic heterocycles. The van der Waals surface area contributed by atoms with E-state index in [1.165, 1.54) is 5.56 Å². The molecule has 0 saturated carbocycles. The van der Waals surface area contributed by atoms with Gasteiger partial charge >= 0.3 is 5.97 Å². The average molecular weight is 360 g/mol. The van der Waals surface area contributed by atoms with E-state index in [2.05, 4.69) is 43.0 Å². The maximum Gasteiger partial charge on any atom is 0.303 e. The number of carboxylic acids is 1. The normalized spacial score (nSPS) is 17.8. The van der Waals surface area contributed by atoms with Crippen molar-refractivity contribution in [3.05, 3.63) is 35.4 Å². The number of aliphatic carboxylic acids is 1. The Kier molecular flexibility index (Phi) is 8.10. The monoisotopic (exact) mass is 360 g/mol. The molecule has 1 aromatic carbocycles. The zero-order valence-corrected chi connectivity index (χ0v) is 16.1. The number of carboxylic acid groups (broad SMARTS) is 1. The van der Waals surface area contributed by atoms with Gasteiger partial charge in [0.1, 0.15) is 0 Å². The molecule has 1 amide bonds. The molecule has 144 valence electrons. The summed E-state index contributed by atoms with van der Waals surface area (Å²) in [5, 5.41) is 8.87. The molecule has 1 aliphatic heterocycles. The summed E-state index contributed by atoms with van der Waals surface area (Å²) in [7, 11) is 0. The van der Waals surface area contributed by atoms with Gasteiger partial charge in [0, 0.05) is 26.1 Å². The number of carbonyl (C=O) groups is 2. The topological polar surface area (TPSA) is 60.9 Å². The number of piperidine rings is 1. The van der Waals surface area contributed by atoms with E-state index in [1.54, 1.807) is 0 Å². The molecule has 1 aliphatic rings. The fraction of sp³-hybridized carbons (Fsp3) is 0.619. The summed E-state index contributed by atoms with van der Waals surface area (Å²) < 4.78 is 0. The molecule has 5 heteroatoms. The van der Waals surface area contributed by atoms with E-state index in [0.29, 0.717) is 25.4 Å². The van der Waals surface area contributed by atoms with Gasteiger partial charge in [-0.15, -0.1) is 0 Å². The van der Waals surface area contributed by atoms with Crippen LogP contribution in [-0.2, 0) is 16.1 Å². The number of rotatable bonds is 9. The van der Waals surface area contributed by atoms with Crippen LogP contribution in [0.4, 0.5) is 0 Å². The Morgan fingerprint density at radius 2 is 2.00 bits per heavy atom. The maximum atomic E-state index is 12.8. The predicted molar refractivity (Wildman–Crippen MR) is 103 cm³/mol. The summed E-state index contributed by atoms with van der Waals surface area (Å²) in [4.78, 5) is 27.8. The number of aryl methyl sites for hydroxylation is 1. The highest BCUT2D eigenvalue weighted by atomic mass is 16.4. The number of nitrogens with zero attached hydrogens (tertiary/aromatic N) is 2. The molecule has 1 unspecified atom stereocenters. The highest BCUT2D eigenvalue weighted by molar-refractivity contribution is 5.78. The summed E-state index contributed by atoms with van der Waals surface area (Å²) in [6.07, 6.45) is 3.99. The number of carbonyl (C=O) groups excluding carboxylic acids is 1. The Morgan fingerprint density at radius 3 is 2.65 bits per heavy atom. The lowest BCUT2D eigenvalue weighted by Gasteiger charge is -2.33. The molecule has 1 N–H and O–H groups in total. The summed E-state index contributed by atoms with van der Waals surface area (Å²) in [6, 6.07) is 8.35. The molecule has 1 aromatic rings. The molecule has 0 aliphatic carbocycles. The average Bonchev–Trinajstić information content (AvgIpc) is 2.61. The molecule has 0 radical (unpaired) electrons. The molecule has 0 spiro atoms. The van der Waals surface area contributed by atoms with Crippen LogP contribution in [0.15, 0.2) is 24.3 Å². The first-order chi connectivity index (χ1) is 12.5. The van der Waals surface area contributed by atoms with Crippen LogP contribution < -0.4 is 0 Å². The second-order valence-electron chi connectivity index (χ2n) is 7.48. The number of amides is 1. The molecule has 1 saturated heterocycles. The minimum Gasteiger partial charge on any atom is -0.481 e. The van der Waals surface area contributed by atoms with Gasteiger partial charge in [-0.25, -0.2) is 0 Å². The van der Waals surface area contributed by atoms with Crippen LogP contribution in [0.3, 0.4) is 0 Å². The third-order valence-corrected chi connectivity index (χ3v) is 5.07. The minimum absolute atomic E-state index is 0.173. The second-order valence-corrected chi connectivity index (χ2v) is 7.48. The third kappa shape index (κ3) is 6.79. The first-order valence-electron chi connectivity index (χ1n) is 9.75. The first kappa shape index (κ1) is 20.4. The fourth-order valence-electron chi connectivity index (χ4n) is 3.63. The van der Waals surface area contributed by atoms with Gasteiger partial charge in [-0.3, -0.25) is 14.5 Å². The van der Waals surface area contributed by atoms with E-state index in [-0.39, 0.29) is 12.3 Å². The highest BCUT2D eigenvalue weighted by Gasteiger charge is 2.24. The van der Waals surface area contributed by atoms with E-state index in [9.17, 15) is 9.59 Å². The smallest absolute Gasteiger partial charge is 0.303 e. The summed E-state index contributed by atoms with van der Waals surface area (Å²) in [5.41, 5.74) is 2.39. The van der Waals surface area contributed by atoms with Crippen LogP contribution in [0, 0.1) is 12.8 Å². The highest BCUT2D eigenvalue weighted by Crippen LogP contribution is 2.21. The van der Waals surface area contributed by atoms with Crippen molar-refractivity contribution >= 4 is 11.9 Å². The lowest BCUT2D eigenvalue weighted by Crippen LogP contribution is -2.44. The number of benzene rings is 1. The molecule has 5 nitrogen and oxygen atoms in total. The number of hydrogen-bond acceptors (Lipinski definition) is 3. The molecule has 2 rings (SSSR count). The van der Waals surface area contributed by atoms with Gasteiger partial charge in [0.15, 0.2) is 0 Å². The Morgan fingerprint density at radius 1 is 1.27 bits per heavy atom. The SMILES string of the molecule is CCCN(Cc1ccc(C)cc1)C(=O)CN1CCCC(CCC(=O)O)C1. The number of likely N-dealkylation sites (tertiary alicyclic amines) is 1. The lowest BCUT2D eigenvalue weighted by molar-refractivity contribution is -0.138. The van der Waals surface area contributed by atoms with Gasteiger partial charge < -0.3 is 10.0 Å². The molecule has 1 fully saturated rings. The molecule has 26 heavy (non-hydrogen) atoms. The van der Waals surface area contributed by atoms with E-state index in [0.717, 1.165) is 44.5 Å². The van der Waals surface area contributed by atoms with Gasteiger partial charge in [0.05, 0.1) is 6.54 Å². The van der Waals surface area contributed by atoms with Crippen molar-refractivity contribution in [3.63, 3.8) is 0 Å². The van der Waals surface area contributed by atoms with Crippen molar-refractivity contribution in [3.8, 4) is 0 Å². The summed E-state index contributed by atoms with van der Waals surface area (Å²) in [6.45, 7) is 7.79. The van der Waals surface area contributed by atoms with Crippen molar-refractivity contribution in [2.45, 2.75) is 52.5 Å². The van der Waals surface area contributed by atoms with Crippen molar-refractivity contribution < 1.29 is 14.7 Å². The Labute approximate surface area is 157 Å². The molecular formula is C21H32N2O3. The predicted octanol–water partition coefficient (Wildman–Crippen LogP) is 3.31. The van der Waals surface area contributed by atoms with E-state index < -0.39 is 5.97 Å². The fourth-order valence-corrected chi connectivity index (χ4v) is 3.63. The quantitative estimate of drug-likeness (QED) is 0.734. The molecule has 1 heterocycles. The van der Waals surface area contributed by atoms with Gasteiger partial charge in [0.2, 0.25) is 5.91 Å². The van der Waals surface area contributed by atoms with Gasteiger partial charge in [0.25, 0.3) is 0 Å². The van der Waals surface area contributed by atoms with Gasteiger partial charge in [-0.1, -0.05) is 36.8 Å². The first-order valence-corrected chi connectivity index (χ1v) is 9.75. The minimum atomic E-state index is -0.731. The van der Waals surface area contributed by atoms with Crippen molar-refractivity contribution in [2.24, 2.45) is 5.92 Å². The van der Waals surface area contributed by atoms with E-state index in [4.69, 9.17) is 5.11 Å². The molecular weight excluding hydrogens is 328 g/mol. The van der Waals surface area contributed by atoms with Crippen LogP contribution >= 0.6 is 0 Å². The van der Waals surface area contributed by atoms with Crippen molar-refractivity contribution in [1.29, 1.82) is 0 Å². The largest absolute Gasteiger partial charge is 0.481 e. The van der Waals surface area contributed by atoms with Crippen LogP contribution in [-0.4, -0.2) is 53.0 Å². The van der Waals surface area contributed by atoms with Crippen LogP contribution in [0.25, 0.3) is 0 Å². The molecule has 0 bridgehead atoms. The lowest BCUT2D eigenvalue weighted by atomic mass is 9.93. The van der Waals surface area contributed by atoms with Gasteiger partial charge in [-0.05, 0) is 50.6 Å². The van der Waals surface area contributed by atoms with Crippen LogP contribution in [0.5, 0.6) is 0 Å². The third-order valence-electron chi connectivity index (χ3n) is 5.07. The van der Waals surface area contributed by atoms with Crippen molar-refractivity contribution in [2.75, 3.05) is 26.2 Å². The van der Waals surface area contributed by atoms with Gasteiger partial charge in [-0.2, -0.15) is 0 Å². The second kappa shape index (κ2) is 10.3. The standard InChI is InChI=1S/C21H32N2O3/c1-3-12-23(15-19-8-6-17(2)7-9-19)20(24)16-22-13-4-5-18(14-22)10-11-21(25)26/h6-9,18H,3-5,10-16H2,1-2H3,(H,25,26). The zero-order valence-electron chi connectivity index (χ0n) is 16.1. The maximum absolute atomic E-state index is 12.8. The van der Waals surface area contributed by atoms with E-state index >= 15 is 0 Å². The molecule has 1 atom stereocenters. The Bertz CT molecular complexity index is 585. The van der Waals surface area contributed by atoms with Crippen LogP contribution in [0.1, 0.15) is 50.2 Å². The summed E-state index contributed by atoms with van der Waals surface area (Å²) in [5.74, 6) is -0.166. The Balaban J connectivity index is 1.89. The Hall–Kier alpha value is -1.88. The number of hydrogen-bond donors (Lipinski definition) is 1. The zero-order chi connectivity index (χ0) is 18.9. The van der Waals surface area contributed by atoms with Crippen molar-refractivity contribution in [1.82, 2.24) is 9.80 Å². The van der Waals surface area contributed by atoms with Crippen LogP contribution in [0.2, 0.25) is 0 Å². The van der Waals surface area contributed by atoms with E-state index in [1.807, 2.05) is 4.90 Å². The summed E-state index contributed by atoms with van der Waals surface area (Å²) >= 11 is 0.